The zero-order valence-electron chi connectivity index (χ0n) is 8.07. The molecular weight excluding hydrogens is 156 g/mol. The van der Waals surface area contributed by atoms with Gasteiger partial charge in [0, 0.05) is 5.38 Å². The summed E-state index contributed by atoms with van der Waals surface area (Å²) in [5.41, 5.74) is 0. The van der Waals surface area contributed by atoms with E-state index in [-0.39, 0.29) is 0 Å². The zero-order chi connectivity index (χ0) is 8.69. The molecular formula is C10H21Cl. The summed E-state index contributed by atoms with van der Waals surface area (Å²) in [6, 6.07) is 0. The first kappa shape index (κ1) is 11.3. The third-order valence-electron chi connectivity index (χ3n) is 1.90. The molecule has 11 heavy (non-hydrogen) atoms. The molecule has 0 aliphatic heterocycles. The fraction of sp³-hybridized carbons (Fsp3) is 1.00. The van der Waals surface area contributed by atoms with E-state index in [1.165, 1.54) is 32.1 Å². The minimum Gasteiger partial charge on any atom is -0.123 e. The van der Waals surface area contributed by atoms with Gasteiger partial charge >= 0.3 is 0 Å². The molecule has 0 fully saturated rings. The number of alkyl halides is 1. The van der Waals surface area contributed by atoms with E-state index < -0.39 is 0 Å². The van der Waals surface area contributed by atoms with Gasteiger partial charge in [0.25, 0.3) is 0 Å². The first-order valence-electron chi connectivity index (χ1n) is 4.80. The predicted octanol–water partition coefficient (Wildman–Crippen LogP) is 4.22. The van der Waals surface area contributed by atoms with Crippen molar-refractivity contribution in [3.63, 3.8) is 0 Å². The van der Waals surface area contributed by atoms with Gasteiger partial charge in [0.2, 0.25) is 0 Å². The Morgan fingerprint density at radius 2 is 1.73 bits per heavy atom. The van der Waals surface area contributed by atoms with Crippen molar-refractivity contribution in [3.8, 4) is 0 Å². The molecule has 0 aromatic rings. The van der Waals surface area contributed by atoms with Crippen LogP contribution in [0, 0.1) is 5.92 Å². The Bertz CT molecular complexity index is 78.9. The molecule has 0 amide bonds. The van der Waals surface area contributed by atoms with Crippen LogP contribution in [0.25, 0.3) is 0 Å². The molecule has 0 aromatic heterocycles. The minimum absolute atomic E-state index is 0.429. The quantitative estimate of drug-likeness (QED) is 0.532. The van der Waals surface area contributed by atoms with Crippen LogP contribution < -0.4 is 0 Å². The lowest BCUT2D eigenvalue weighted by molar-refractivity contribution is 0.521. The van der Waals surface area contributed by atoms with Crippen LogP contribution in [0.3, 0.4) is 0 Å². The van der Waals surface area contributed by atoms with Crippen molar-refractivity contribution in [1.29, 1.82) is 0 Å². The lowest BCUT2D eigenvalue weighted by Crippen LogP contribution is -1.98. The Kier molecular flexibility index (Phi) is 7.15. The Balaban J connectivity index is 3.10. The van der Waals surface area contributed by atoms with E-state index in [0.29, 0.717) is 5.38 Å². The van der Waals surface area contributed by atoms with Crippen LogP contribution >= 0.6 is 11.6 Å². The fourth-order valence-corrected chi connectivity index (χ4v) is 1.58. The summed E-state index contributed by atoms with van der Waals surface area (Å²) >= 11 is 6.06. The Morgan fingerprint density at radius 3 is 2.18 bits per heavy atom. The highest BCUT2D eigenvalue weighted by Gasteiger charge is 2.02. The molecule has 0 N–H and O–H groups in total. The van der Waals surface area contributed by atoms with Gasteiger partial charge in [-0.1, -0.05) is 40.0 Å². The van der Waals surface area contributed by atoms with Crippen molar-refractivity contribution in [3.05, 3.63) is 0 Å². The normalized spacial score (nSPS) is 13.9. The fourth-order valence-electron chi connectivity index (χ4n) is 1.21. The second-order valence-electron chi connectivity index (χ2n) is 3.71. The van der Waals surface area contributed by atoms with Crippen molar-refractivity contribution in [2.75, 3.05) is 0 Å². The molecule has 0 saturated heterocycles. The van der Waals surface area contributed by atoms with Gasteiger partial charge in [-0.05, 0) is 18.8 Å². The molecule has 0 radical (unpaired) electrons. The molecule has 68 valence electrons. The van der Waals surface area contributed by atoms with Gasteiger partial charge in [0.15, 0.2) is 0 Å². The van der Waals surface area contributed by atoms with Crippen molar-refractivity contribution in [2.45, 2.75) is 58.3 Å². The molecule has 1 heteroatoms. The smallest absolute Gasteiger partial charge is 0.0336 e. The Labute approximate surface area is 76.3 Å². The average molecular weight is 177 g/mol. The van der Waals surface area contributed by atoms with Gasteiger partial charge in [-0.3, -0.25) is 0 Å². The molecule has 0 spiro atoms. The Morgan fingerprint density at radius 1 is 1.09 bits per heavy atom. The molecule has 0 rings (SSSR count). The van der Waals surface area contributed by atoms with Crippen LogP contribution in [-0.4, -0.2) is 5.38 Å². The lowest BCUT2D eigenvalue weighted by atomic mass is 10.0. The van der Waals surface area contributed by atoms with Crippen molar-refractivity contribution < 1.29 is 0 Å². The van der Waals surface area contributed by atoms with E-state index in [9.17, 15) is 0 Å². The SMILES string of the molecule is CCC[C@H](Cl)CCCC(C)C. The molecule has 0 heterocycles. The largest absolute Gasteiger partial charge is 0.123 e. The summed E-state index contributed by atoms with van der Waals surface area (Å²) in [6.07, 6.45) is 6.22. The topological polar surface area (TPSA) is 0 Å². The zero-order valence-corrected chi connectivity index (χ0v) is 8.82. The highest BCUT2D eigenvalue weighted by atomic mass is 35.5. The van der Waals surface area contributed by atoms with Gasteiger partial charge in [-0.25, -0.2) is 0 Å². The van der Waals surface area contributed by atoms with Crippen LogP contribution in [0.2, 0.25) is 0 Å². The second kappa shape index (κ2) is 6.97. The maximum Gasteiger partial charge on any atom is 0.0336 e. The maximum absolute atomic E-state index is 6.06. The lowest BCUT2D eigenvalue weighted by Gasteiger charge is -2.08. The molecule has 0 saturated carbocycles. The molecule has 0 aromatic carbocycles. The standard InChI is InChI=1S/C10H21Cl/c1-4-6-10(11)8-5-7-9(2)3/h9-10H,4-8H2,1-3H3/t10-/m0/s1. The monoisotopic (exact) mass is 176 g/mol. The summed E-state index contributed by atoms with van der Waals surface area (Å²) in [6.45, 7) is 6.73. The van der Waals surface area contributed by atoms with E-state index in [1.807, 2.05) is 0 Å². The van der Waals surface area contributed by atoms with Crippen molar-refractivity contribution in [2.24, 2.45) is 5.92 Å². The van der Waals surface area contributed by atoms with E-state index in [1.54, 1.807) is 0 Å². The van der Waals surface area contributed by atoms with E-state index in [0.717, 1.165) is 5.92 Å². The van der Waals surface area contributed by atoms with Gasteiger partial charge in [0.05, 0.1) is 0 Å². The summed E-state index contributed by atoms with van der Waals surface area (Å²) in [5, 5.41) is 0.429. The molecule has 0 bridgehead atoms. The molecule has 0 aliphatic carbocycles. The minimum atomic E-state index is 0.429. The Hall–Kier alpha value is 0.290. The highest BCUT2D eigenvalue weighted by molar-refractivity contribution is 6.20. The van der Waals surface area contributed by atoms with Crippen LogP contribution in [0.5, 0.6) is 0 Å². The third kappa shape index (κ3) is 8.19. The maximum atomic E-state index is 6.06. The first-order chi connectivity index (χ1) is 5.16. The molecule has 1 atom stereocenters. The number of rotatable bonds is 6. The van der Waals surface area contributed by atoms with Gasteiger partial charge in [-0.15, -0.1) is 11.6 Å². The van der Waals surface area contributed by atoms with Crippen LogP contribution in [0.4, 0.5) is 0 Å². The predicted molar refractivity (Wildman–Crippen MR) is 53.2 cm³/mol. The van der Waals surface area contributed by atoms with Crippen molar-refractivity contribution >= 4 is 11.6 Å². The molecule has 0 aliphatic rings. The summed E-state index contributed by atoms with van der Waals surface area (Å²) in [4.78, 5) is 0. The second-order valence-corrected chi connectivity index (χ2v) is 4.33. The van der Waals surface area contributed by atoms with Gasteiger partial charge in [-0.2, -0.15) is 0 Å². The van der Waals surface area contributed by atoms with E-state index >= 15 is 0 Å². The number of hydrogen-bond donors (Lipinski definition) is 0. The van der Waals surface area contributed by atoms with E-state index in [4.69, 9.17) is 11.6 Å². The summed E-state index contributed by atoms with van der Waals surface area (Å²) < 4.78 is 0. The number of halogens is 1. The van der Waals surface area contributed by atoms with Crippen LogP contribution in [-0.2, 0) is 0 Å². The molecule has 0 unspecified atom stereocenters. The summed E-state index contributed by atoms with van der Waals surface area (Å²) in [7, 11) is 0. The van der Waals surface area contributed by atoms with Crippen molar-refractivity contribution in [1.82, 2.24) is 0 Å². The third-order valence-corrected chi connectivity index (χ3v) is 2.34. The summed E-state index contributed by atoms with van der Waals surface area (Å²) in [5.74, 6) is 0.834. The van der Waals surface area contributed by atoms with E-state index in [2.05, 4.69) is 20.8 Å². The molecule has 0 nitrogen and oxygen atoms in total. The van der Waals surface area contributed by atoms with Gasteiger partial charge < -0.3 is 0 Å². The first-order valence-corrected chi connectivity index (χ1v) is 5.24. The average Bonchev–Trinajstić information content (AvgIpc) is 1.87. The van der Waals surface area contributed by atoms with Crippen LogP contribution in [0.1, 0.15) is 52.9 Å². The van der Waals surface area contributed by atoms with Crippen LogP contribution in [0.15, 0.2) is 0 Å². The number of hydrogen-bond acceptors (Lipinski definition) is 0. The highest BCUT2D eigenvalue weighted by Crippen LogP contribution is 2.15. The van der Waals surface area contributed by atoms with Gasteiger partial charge in [0.1, 0.15) is 0 Å².